The van der Waals surface area contributed by atoms with E-state index >= 15 is 0 Å². The van der Waals surface area contributed by atoms with Crippen LogP contribution in [0, 0.1) is 0 Å². The molecule has 0 saturated carbocycles. The summed E-state index contributed by atoms with van der Waals surface area (Å²) in [6, 6.07) is 25.9. The molecule has 1 heterocycles. The topological polar surface area (TPSA) is 55.8 Å². The molecule has 0 N–H and O–H groups in total. The van der Waals surface area contributed by atoms with Gasteiger partial charge in [-0.05, 0) is 35.4 Å². The SMILES string of the molecule is O=C(OC(c1ccccc1)c1ccccc1)c1ccc(ON2CCC2=O)cc1. The van der Waals surface area contributed by atoms with Gasteiger partial charge in [-0.2, -0.15) is 5.06 Å². The van der Waals surface area contributed by atoms with Crippen LogP contribution in [0.2, 0.25) is 0 Å². The minimum absolute atomic E-state index is 0.0444. The second-order valence-corrected chi connectivity index (χ2v) is 6.47. The Morgan fingerprint density at radius 2 is 1.39 bits per heavy atom. The maximum absolute atomic E-state index is 12.7. The number of carbonyl (C=O) groups excluding carboxylic acids is 2. The highest BCUT2D eigenvalue weighted by Gasteiger charge is 2.26. The molecule has 5 nitrogen and oxygen atoms in total. The molecule has 0 atom stereocenters. The molecule has 0 aromatic heterocycles. The lowest BCUT2D eigenvalue weighted by Crippen LogP contribution is -2.45. The average Bonchev–Trinajstić information content (AvgIpc) is 2.76. The summed E-state index contributed by atoms with van der Waals surface area (Å²) in [6.45, 7) is 0.582. The fourth-order valence-electron chi connectivity index (χ4n) is 2.93. The van der Waals surface area contributed by atoms with E-state index in [2.05, 4.69) is 0 Å². The molecule has 4 rings (SSSR count). The molecule has 1 aliphatic rings. The Balaban J connectivity index is 1.50. The summed E-state index contributed by atoms with van der Waals surface area (Å²) < 4.78 is 5.83. The van der Waals surface area contributed by atoms with Crippen molar-refractivity contribution in [3.63, 3.8) is 0 Å². The summed E-state index contributed by atoms with van der Waals surface area (Å²) in [7, 11) is 0. The summed E-state index contributed by atoms with van der Waals surface area (Å²) >= 11 is 0. The second kappa shape index (κ2) is 7.96. The zero-order valence-electron chi connectivity index (χ0n) is 15.2. The maximum atomic E-state index is 12.7. The predicted molar refractivity (Wildman–Crippen MR) is 104 cm³/mol. The molecular weight excluding hydrogens is 354 g/mol. The van der Waals surface area contributed by atoms with Crippen LogP contribution in [0.15, 0.2) is 84.9 Å². The van der Waals surface area contributed by atoms with Crippen LogP contribution >= 0.6 is 0 Å². The van der Waals surface area contributed by atoms with Crippen molar-refractivity contribution in [2.24, 2.45) is 0 Å². The molecule has 1 fully saturated rings. The lowest BCUT2D eigenvalue weighted by Gasteiger charge is -2.29. The Morgan fingerprint density at radius 1 is 0.821 bits per heavy atom. The monoisotopic (exact) mass is 373 g/mol. The minimum atomic E-state index is -0.496. The van der Waals surface area contributed by atoms with Crippen LogP contribution in [0.3, 0.4) is 0 Å². The third-order valence-corrected chi connectivity index (χ3v) is 4.54. The van der Waals surface area contributed by atoms with E-state index in [-0.39, 0.29) is 5.91 Å². The molecule has 0 spiro atoms. The summed E-state index contributed by atoms with van der Waals surface area (Å²) in [5.41, 5.74) is 2.22. The van der Waals surface area contributed by atoms with Crippen molar-refractivity contribution in [1.82, 2.24) is 5.06 Å². The molecule has 0 unspecified atom stereocenters. The second-order valence-electron chi connectivity index (χ2n) is 6.47. The van der Waals surface area contributed by atoms with Gasteiger partial charge in [0.15, 0.2) is 11.9 Å². The molecule has 5 heteroatoms. The molecule has 140 valence electrons. The molecule has 28 heavy (non-hydrogen) atoms. The molecular formula is C23H19NO4. The third kappa shape index (κ3) is 3.88. The van der Waals surface area contributed by atoms with E-state index in [9.17, 15) is 9.59 Å². The van der Waals surface area contributed by atoms with E-state index in [1.54, 1.807) is 24.3 Å². The molecule has 3 aromatic rings. The van der Waals surface area contributed by atoms with Gasteiger partial charge in [-0.15, -0.1) is 0 Å². The molecule has 0 radical (unpaired) electrons. The van der Waals surface area contributed by atoms with E-state index in [4.69, 9.17) is 9.57 Å². The lowest BCUT2D eigenvalue weighted by molar-refractivity contribution is -0.174. The quantitative estimate of drug-likeness (QED) is 0.481. The largest absolute Gasteiger partial charge is 0.449 e. The molecule has 1 saturated heterocycles. The number of benzene rings is 3. The highest BCUT2D eigenvalue weighted by molar-refractivity contribution is 5.90. The molecule has 1 aliphatic heterocycles. The van der Waals surface area contributed by atoms with E-state index in [1.165, 1.54) is 5.06 Å². The number of rotatable bonds is 6. The van der Waals surface area contributed by atoms with Gasteiger partial charge in [0.25, 0.3) is 5.91 Å². The number of esters is 1. The van der Waals surface area contributed by atoms with Gasteiger partial charge in [-0.3, -0.25) is 4.79 Å². The van der Waals surface area contributed by atoms with E-state index in [0.29, 0.717) is 24.3 Å². The van der Waals surface area contributed by atoms with E-state index < -0.39 is 12.1 Å². The molecule has 3 aromatic carbocycles. The van der Waals surface area contributed by atoms with Crippen LogP contribution in [0.4, 0.5) is 0 Å². The van der Waals surface area contributed by atoms with Gasteiger partial charge in [-0.25, -0.2) is 4.79 Å². The number of nitrogens with zero attached hydrogens (tertiary/aromatic N) is 1. The fourth-order valence-corrected chi connectivity index (χ4v) is 2.93. The first-order valence-corrected chi connectivity index (χ1v) is 9.10. The van der Waals surface area contributed by atoms with Gasteiger partial charge >= 0.3 is 5.97 Å². The highest BCUT2D eigenvalue weighted by atomic mass is 16.7. The Hall–Kier alpha value is -3.60. The first kappa shape index (κ1) is 17.8. The number of hydrogen-bond donors (Lipinski definition) is 0. The van der Waals surface area contributed by atoms with Crippen molar-refractivity contribution in [3.05, 3.63) is 102 Å². The van der Waals surface area contributed by atoms with Crippen LogP contribution in [-0.2, 0) is 9.53 Å². The van der Waals surface area contributed by atoms with Crippen LogP contribution in [0.25, 0.3) is 0 Å². The lowest BCUT2D eigenvalue weighted by atomic mass is 10.0. The predicted octanol–water partition coefficient (Wildman–Crippen LogP) is 4.16. The minimum Gasteiger partial charge on any atom is -0.449 e. The number of ether oxygens (including phenoxy) is 1. The van der Waals surface area contributed by atoms with Gasteiger partial charge in [0.05, 0.1) is 18.5 Å². The van der Waals surface area contributed by atoms with Crippen LogP contribution in [-0.4, -0.2) is 23.5 Å². The fraction of sp³-hybridized carbons (Fsp3) is 0.130. The first-order chi connectivity index (χ1) is 13.7. The van der Waals surface area contributed by atoms with Crippen molar-refractivity contribution in [1.29, 1.82) is 0 Å². The summed E-state index contributed by atoms with van der Waals surface area (Å²) in [4.78, 5) is 29.5. The maximum Gasteiger partial charge on any atom is 0.339 e. The number of hydrogen-bond acceptors (Lipinski definition) is 4. The number of amides is 1. The Labute approximate surface area is 163 Å². The van der Waals surface area contributed by atoms with Gasteiger partial charge in [-0.1, -0.05) is 60.7 Å². The van der Waals surface area contributed by atoms with E-state index in [1.807, 2.05) is 60.7 Å². The number of carbonyl (C=O) groups is 2. The molecule has 0 aliphatic carbocycles. The zero-order chi connectivity index (χ0) is 19.3. The van der Waals surface area contributed by atoms with Gasteiger partial charge in [0.1, 0.15) is 0 Å². The molecule has 0 bridgehead atoms. The van der Waals surface area contributed by atoms with Crippen molar-refractivity contribution in [3.8, 4) is 5.75 Å². The Bertz CT molecular complexity index is 915. The van der Waals surface area contributed by atoms with E-state index in [0.717, 1.165) is 11.1 Å². The average molecular weight is 373 g/mol. The van der Waals surface area contributed by atoms with Crippen LogP contribution in [0.1, 0.15) is 34.0 Å². The molecule has 1 amide bonds. The van der Waals surface area contributed by atoms with Crippen molar-refractivity contribution < 1.29 is 19.2 Å². The van der Waals surface area contributed by atoms with Crippen molar-refractivity contribution in [2.45, 2.75) is 12.5 Å². The summed E-state index contributed by atoms with van der Waals surface area (Å²) in [5, 5.41) is 1.30. The zero-order valence-corrected chi connectivity index (χ0v) is 15.2. The Kier molecular flexibility index (Phi) is 5.06. The van der Waals surface area contributed by atoms with Gasteiger partial charge in [0, 0.05) is 0 Å². The number of β-lactam (4-membered cyclic amide) rings is 1. The standard InChI is InChI=1S/C23H19NO4/c25-21-15-16-24(21)28-20-13-11-19(12-14-20)23(26)27-22(17-7-3-1-4-8-17)18-9-5-2-6-10-18/h1-14,22H,15-16H2. The van der Waals surface area contributed by atoms with Crippen molar-refractivity contribution >= 4 is 11.9 Å². The number of hydroxylamine groups is 2. The van der Waals surface area contributed by atoms with Crippen LogP contribution < -0.4 is 4.84 Å². The normalized spacial score (nSPS) is 13.2. The summed E-state index contributed by atoms with van der Waals surface area (Å²) in [5.74, 6) is 0.0357. The van der Waals surface area contributed by atoms with Crippen molar-refractivity contribution in [2.75, 3.05) is 6.54 Å². The first-order valence-electron chi connectivity index (χ1n) is 9.10. The highest BCUT2D eigenvalue weighted by Crippen LogP contribution is 2.27. The van der Waals surface area contributed by atoms with Gasteiger partial charge in [0.2, 0.25) is 0 Å². The van der Waals surface area contributed by atoms with Crippen LogP contribution in [0.5, 0.6) is 5.75 Å². The Morgan fingerprint density at radius 3 is 1.86 bits per heavy atom. The third-order valence-electron chi connectivity index (χ3n) is 4.54. The van der Waals surface area contributed by atoms with Gasteiger partial charge < -0.3 is 9.57 Å². The smallest absolute Gasteiger partial charge is 0.339 e. The summed E-state index contributed by atoms with van der Waals surface area (Å²) in [6.07, 6.45) is 0.00893.